The lowest BCUT2D eigenvalue weighted by Crippen LogP contribution is -2.25. The lowest BCUT2D eigenvalue weighted by molar-refractivity contribution is 0.289. The molecule has 0 saturated heterocycles. The first-order valence-corrected chi connectivity index (χ1v) is 7.37. The zero-order valence-corrected chi connectivity index (χ0v) is 11.0. The van der Waals surface area contributed by atoms with E-state index in [4.69, 9.17) is 16.7 Å². The normalized spacial score (nSPS) is 11.6. The van der Waals surface area contributed by atoms with E-state index in [1.807, 2.05) is 0 Å². The van der Waals surface area contributed by atoms with Crippen LogP contribution in [0.5, 0.6) is 0 Å². The Labute approximate surface area is 107 Å². The highest BCUT2D eigenvalue weighted by atomic mass is 35.5. The third-order valence-corrected chi connectivity index (χ3v) is 3.91. The number of aliphatic hydroxyl groups is 1. The number of sulfonamides is 1. The van der Waals surface area contributed by atoms with Crippen LogP contribution in [0.2, 0.25) is 0 Å². The number of alkyl halides is 1. The molecular weight excluding hydrogens is 262 g/mol. The van der Waals surface area contributed by atoms with Gasteiger partial charge in [0.05, 0.1) is 4.90 Å². The Bertz CT molecular complexity index is 431. The topological polar surface area (TPSA) is 66.4 Å². The van der Waals surface area contributed by atoms with Crippen LogP contribution in [0.25, 0.3) is 0 Å². The van der Waals surface area contributed by atoms with Gasteiger partial charge < -0.3 is 5.11 Å². The maximum Gasteiger partial charge on any atom is 0.240 e. The van der Waals surface area contributed by atoms with Crippen LogP contribution in [-0.2, 0) is 16.4 Å². The number of nitrogens with one attached hydrogen (secondary N) is 1. The zero-order chi connectivity index (χ0) is 12.7. The molecule has 0 amide bonds. The number of halogens is 1. The number of aliphatic hydroxyl groups excluding tert-OH is 1. The van der Waals surface area contributed by atoms with Crippen molar-refractivity contribution in [1.82, 2.24) is 4.72 Å². The molecule has 0 fully saturated rings. The molecule has 0 unspecified atom stereocenters. The van der Waals surface area contributed by atoms with Crippen molar-refractivity contribution in [3.8, 4) is 0 Å². The van der Waals surface area contributed by atoms with Gasteiger partial charge in [-0.15, -0.1) is 11.6 Å². The van der Waals surface area contributed by atoms with E-state index in [1.54, 1.807) is 24.3 Å². The Morgan fingerprint density at radius 3 is 2.41 bits per heavy atom. The molecule has 0 spiro atoms. The minimum Gasteiger partial charge on any atom is -0.396 e. The monoisotopic (exact) mass is 277 g/mol. The molecule has 0 aromatic heterocycles. The Kier molecular flexibility index (Phi) is 5.91. The Hall–Kier alpha value is -0.620. The first-order chi connectivity index (χ1) is 8.10. The highest BCUT2D eigenvalue weighted by molar-refractivity contribution is 7.89. The van der Waals surface area contributed by atoms with Gasteiger partial charge in [-0.1, -0.05) is 12.1 Å². The molecule has 96 valence electrons. The average Bonchev–Trinajstić information content (AvgIpc) is 2.30. The van der Waals surface area contributed by atoms with Crippen LogP contribution in [0.15, 0.2) is 29.2 Å². The van der Waals surface area contributed by atoms with Crippen molar-refractivity contribution in [3.63, 3.8) is 0 Å². The number of rotatable bonds is 7. The highest BCUT2D eigenvalue weighted by Crippen LogP contribution is 2.11. The molecule has 1 aromatic rings. The van der Waals surface area contributed by atoms with Gasteiger partial charge in [-0.25, -0.2) is 13.1 Å². The summed E-state index contributed by atoms with van der Waals surface area (Å²) in [7, 11) is -3.46. The summed E-state index contributed by atoms with van der Waals surface area (Å²) in [5.41, 5.74) is 1.01. The summed E-state index contributed by atoms with van der Waals surface area (Å²) in [5.74, 6) is 0.515. The molecule has 2 N–H and O–H groups in total. The van der Waals surface area contributed by atoms with E-state index >= 15 is 0 Å². The maximum atomic E-state index is 11.8. The molecule has 1 rings (SSSR count). The van der Waals surface area contributed by atoms with Gasteiger partial charge in [0.25, 0.3) is 0 Å². The molecule has 0 bridgehead atoms. The minimum atomic E-state index is -3.46. The van der Waals surface area contributed by atoms with Crippen LogP contribution >= 0.6 is 11.6 Å². The highest BCUT2D eigenvalue weighted by Gasteiger charge is 2.12. The van der Waals surface area contributed by atoms with Crippen LogP contribution in [0.1, 0.15) is 12.0 Å². The van der Waals surface area contributed by atoms with Gasteiger partial charge in [-0.05, 0) is 30.5 Å². The molecule has 1 aromatic carbocycles. The molecule has 4 nitrogen and oxygen atoms in total. The largest absolute Gasteiger partial charge is 0.396 e. The lowest BCUT2D eigenvalue weighted by atomic mass is 10.2. The lowest BCUT2D eigenvalue weighted by Gasteiger charge is -2.06. The van der Waals surface area contributed by atoms with Crippen LogP contribution in [-0.4, -0.2) is 32.6 Å². The standard InChI is InChI=1S/C11H16ClNO3S/c12-7-6-10-2-4-11(5-3-10)17(15,16)13-8-1-9-14/h2-5,13-14H,1,6-9H2. The second kappa shape index (κ2) is 6.96. The van der Waals surface area contributed by atoms with E-state index in [-0.39, 0.29) is 18.0 Å². The summed E-state index contributed by atoms with van der Waals surface area (Å²) in [4.78, 5) is 0.230. The summed E-state index contributed by atoms with van der Waals surface area (Å²) in [6, 6.07) is 6.62. The second-order valence-electron chi connectivity index (χ2n) is 3.56. The van der Waals surface area contributed by atoms with Gasteiger partial charge in [0.15, 0.2) is 0 Å². The average molecular weight is 278 g/mol. The third kappa shape index (κ3) is 4.63. The molecule has 0 aliphatic heterocycles. The van der Waals surface area contributed by atoms with Gasteiger partial charge in [0.2, 0.25) is 10.0 Å². The summed E-state index contributed by atoms with van der Waals surface area (Å²) in [6.45, 7) is 0.208. The summed E-state index contributed by atoms with van der Waals surface area (Å²) < 4.78 is 25.9. The smallest absolute Gasteiger partial charge is 0.240 e. The molecule has 0 aliphatic rings. The van der Waals surface area contributed by atoms with Gasteiger partial charge in [0.1, 0.15) is 0 Å². The Balaban J connectivity index is 2.71. The first kappa shape index (κ1) is 14.4. The van der Waals surface area contributed by atoms with Crippen LogP contribution in [0.3, 0.4) is 0 Å². The van der Waals surface area contributed by atoms with E-state index in [1.165, 1.54) is 0 Å². The molecule has 0 atom stereocenters. The molecule has 17 heavy (non-hydrogen) atoms. The third-order valence-electron chi connectivity index (χ3n) is 2.24. The van der Waals surface area contributed by atoms with Crippen molar-refractivity contribution in [1.29, 1.82) is 0 Å². The first-order valence-electron chi connectivity index (χ1n) is 5.35. The SMILES string of the molecule is O=S(=O)(NCCCO)c1ccc(CCCl)cc1. The van der Waals surface area contributed by atoms with Gasteiger partial charge >= 0.3 is 0 Å². The van der Waals surface area contributed by atoms with Crippen LogP contribution in [0.4, 0.5) is 0 Å². The van der Waals surface area contributed by atoms with Crippen LogP contribution < -0.4 is 4.72 Å². The van der Waals surface area contributed by atoms with Crippen LogP contribution in [0, 0.1) is 0 Å². The fraction of sp³-hybridized carbons (Fsp3) is 0.455. The maximum absolute atomic E-state index is 11.8. The second-order valence-corrected chi connectivity index (χ2v) is 5.70. The van der Waals surface area contributed by atoms with Crippen molar-refractivity contribution < 1.29 is 13.5 Å². The molecule has 0 saturated carbocycles. The molecule has 0 radical (unpaired) electrons. The number of hydrogen-bond acceptors (Lipinski definition) is 3. The predicted octanol–water partition coefficient (Wildman–Crippen LogP) is 1.13. The number of benzene rings is 1. The van der Waals surface area contributed by atoms with Crippen molar-refractivity contribution in [3.05, 3.63) is 29.8 Å². The number of aryl methyl sites for hydroxylation is 1. The minimum absolute atomic E-state index is 0.0306. The zero-order valence-electron chi connectivity index (χ0n) is 9.39. The Morgan fingerprint density at radius 2 is 1.88 bits per heavy atom. The van der Waals surface area contributed by atoms with Gasteiger partial charge in [0, 0.05) is 19.0 Å². The molecule has 0 heterocycles. The summed E-state index contributed by atoms with van der Waals surface area (Å²) >= 11 is 5.60. The van der Waals surface area contributed by atoms with Gasteiger partial charge in [-0.2, -0.15) is 0 Å². The van der Waals surface area contributed by atoms with Crippen molar-refractivity contribution in [2.24, 2.45) is 0 Å². The van der Waals surface area contributed by atoms with E-state index in [0.717, 1.165) is 12.0 Å². The van der Waals surface area contributed by atoms with Crippen molar-refractivity contribution in [2.75, 3.05) is 19.0 Å². The fourth-order valence-corrected chi connectivity index (χ4v) is 2.61. The van der Waals surface area contributed by atoms with E-state index < -0.39 is 10.0 Å². The van der Waals surface area contributed by atoms with E-state index in [0.29, 0.717) is 12.3 Å². The fourth-order valence-electron chi connectivity index (χ4n) is 1.31. The van der Waals surface area contributed by atoms with E-state index in [9.17, 15) is 8.42 Å². The Morgan fingerprint density at radius 1 is 1.24 bits per heavy atom. The molecular formula is C11H16ClNO3S. The number of hydrogen-bond donors (Lipinski definition) is 2. The summed E-state index contributed by atoms with van der Waals surface area (Å²) in [6.07, 6.45) is 1.13. The molecule has 6 heteroatoms. The quantitative estimate of drug-likeness (QED) is 0.580. The van der Waals surface area contributed by atoms with E-state index in [2.05, 4.69) is 4.72 Å². The predicted molar refractivity (Wildman–Crippen MR) is 67.8 cm³/mol. The van der Waals surface area contributed by atoms with Crippen molar-refractivity contribution >= 4 is 21.6 Å². The van der Waals surface area contributed by atoms with Gasteiger partial charge in [-0.3, -0.25) is 0 Å². The molecule has 0 aliphatic carbocycles. The summed E-state index contributed by atoms with van der Waals surface area (Å²) in [5, 5.41) is 8.58. The van der Waals surface area contributed by atoms with Crippen molar-refractivity contribution in [2.45, 2.75) is 17.7 Å².